The molecule has 0 bridgehead atoms. The molecule has 3 amide bonds. The zero-order valence-electron chi connectivity index (χ0n) is 14.1. The van der Waals surface area contributed by atoms with E-state index in [4.69, 9.17) is 0 Å². The zero-order chi connectivity index (χ0) is 17.5. The van der Waals surface area contributed by atoms with Gasteiger partial charge in [-0.2, -0.15) is 0 Å². The second kappa shape index (κ2) is 8.49. The molecule has 0 aliphatic rings. The lowest BCUT2D eigenvalue weighted by Gasteiger charge is -2.20. The zero-order valence-corrected chi connectivity index (χ0v) is 14.9. The Morgan fingerprint density at radius 2 is 1.96 bits per heavy atom. The summed E-state index contributed by atoms with van der Waals surface area (Å²) in [6.07, 6.45) is 0.834. The van der Waals surface area contributed by atoms with Crippen LogP contribution in [0.3, 0.4) is 0 Å². The molecule has 0 radical (unpaired) electrons. The van der Waals surface area contributed by atoms with E-state index in [1.807, 2.05) is 55.6 Å². The molecule has 0 saturated carbocycles. The Kier molecular flexibility index (Phi) is 6.37. The number of carbonyl (C=O) groups is 2. The smallest absolute Gasteiger partial charge is 0.315 e. The molecule has 0 fully saturated rings. The molecule has 2 aromatic rings. The Hall–Kier alpha value is -2.34. The molecular formula is C18H23N3O2S. The van der Waals surface area contributed by atoms with E-state index in [1.165, 1.54) is 6.92 Å². The monoisotopic (exact) mass is 345 g/mol. The average Bonchev–Trinajstić information content (AvgIpc) is 3.06. The topological polar surface area (TPSA) is 70.2 Å². The van der Waals surface area contributed by atoms with Crippen molar-refractivity contribution in [2.24, 2.45) is 0 Å². The van der Waals surface area contributed by atoms with Crippen LogP contribution in [0.15, 0.2) is 41.8 Å². The second-order valence-corrected chi connectivity index (χ2v) is 6.60. The highest BCUT2D eigenvalue weighted by Gasteiger charge is 2.15. The number of amides is 3. The molecule has 0 unspecified atom stereocenters. The molecule has 3 N–H and O–H groups in total. The molecule has 1 heterocycles. The van der Waals surface area contributed by atoms with Crippen LogP contribution in [0.5, 0.6) is 0 Å². The first-order valence-corrected chi connectivity index (χ1v) is 8.85. The van der Waals surface area contributed by atoms with Crippen molar-refractivity contribution in [3.8, 4) is 0 Å². The summed E-state index contributed by atoms with van der Waals surface area (Å²) in [5, 5.41) is 10.7. The van der Waals surface area contributed by atoms with Gasteiger partial charge in [-0.15, -0.1) is 11.3 Å². The van der Waals surface area contributed by atoms with E-state index in [1.54, 1.807) is 11.3 Å². The first-order valence-electron chi connectivity index (χ1n) is 7.97. The lowest BCUT2D eigenvalue weighted by molar-refractivity contribution is -0.114. The number of hydrogen-bond acceptors (Lipinski definition) is 3. The number of rotatable bonds is 6. The van der Waals surface area contributed by atoms with Gasteiger partial charge in [0.1, 0.15) is 0 Å². The highest BCUT2D eigenvalue weighted by Crippen LogP contribution is 2.22. The normalized spacial score (nSPS) is 13.0. The van der Waals surface area contributed by atoms with Crippen LogP contribution in [-0.2, 0) is 4.79 Å². The maximum atomic E-state index is 12.3. The van der Waals surface area contributed by atoms with Crippen LogP contribution >= 0.6 is 11.3 Å². The Morgan fingerprint density at radius 3 is 2.58 bits per heavy atom. The fourth-order valence-corrected chi connectivity index (χ4v) is 3.29. The van der Waals surface area contributed by atoms with Crippen molar-refractivity contribution < 1.29 is 9.59 Å². The van der Waals surface area contributed by atoms with Crippen LogP contribution in [-0.4, -0.2) is 11.9 Å². The summed E-state index contributed by atoms with van der Waals surface area (Å²) >= 11 is 1.64. The van der Waals surface area contributed by atoms with Crippen molar-refractivity contribution >= 4 is 29.0 Å². The highest BCUT2D eigenvalue weighted by atomic mass is 32.1. The van der Waals surface area contributed by atoms with Crippen LogP contribution in [0.1, 0.15) is 49.7 Å². The number of carbonyl (C=O) groups excluding carboxylic acids is 2. The molecule has 1 aromatic carbocycles. The molecule has 0 aliphatic heterocycles. The molecule has 128 valence electrons. The lowest BCUT2D eigenvalue weighted by atomic mass is 10.1. The van der Waals surface area contributed by atoms with Gasteiger partial charge in [0, 0.05) is 17.5 Å². The Morgan fingerprint density at radius 1 is 1.17 bits per heavy atom. The fraction of sp³-hybridized carbons (Fsp3) is 0.333. The summed E-state index contributed by atoms with van der Waals surface area (Å²) in [6.45, 7) is 5.43. The summed E-state index contributed by atoms with van der Waals surface area (Å²) in [5.41, 5.74) is 1.65. The van der Waals surface area contributed by atoms with E-state index in [0.29, 0.717) is 0 Å². The maximum absolute atomic E-state index is 12.3. The number of hydrogen-bond donors (Lipinski definition) is 3. The Balaban J connectivity index is 1.97. The summed E-state index contributed by atoms with van der Waals surface area (Å²) in [6, 6.07) is 11.1. The molecule has 5 nitrogen and oxygen atoms in total. The van der Waals surface area contributed by atoms with Gasteiger partial charge in [-0.3, -0.25) is 4.79 Å². The van der Waals surface area contributed by atoms with E-state index in [2.05, 4.69) is 16.0 Å². The molecule has 0 spiro atoms. The van der Waals surface area contributed by atoms with Crippen molar-refractivity contribution in [3.05, 3.63) is 52.2 Å². The van der Waals surface area contributed by atoms with Crippen molar-refractivity contribution in [2.75, 3.05) is 5.32 Å². The largest absolute Gasteiger partial charge is 0.332 e. The fourth-order valence-electron chi connectivity index (χ4n) is 2.43. The van der Waals surface area contributed by atoms with Gasteiger partial charge >= 0.3 is 6.03 Å². The maximum Gasteiger partial charge on any atom is 0.315 e. The minimum absolute atomic E-state index is 0.0166. The van der Waals surface area contributed by atoms with Crippen LogP contribution in [0.2, 0.25) is 0 Å². The third kappa shape index (κ3) is 5.09. The van der Waals surface area contributed by atoms with E-state index in [0.717, 1.165) is 22.5 Å². The quantitative estimate of drug-likeness (QED) is 0.733. The van der Waals surface area contributed by atoms with Gasteiger partial charge < -0.3 is 16.0 Å². The van der Waals surface area contributed by atoms with Crippen LogP contribution < -0.4 is 16.0 Å². The number of thiophene rings is 1. The molecule has 0 aliphatic carbocycles. The Labute approximate surface area is 146 Å². The van der Waals surface area contributed by atoms with Crippen LogP contribution in [0, 0.1) is 0 Å². The summed E-state index contributed by atoms with van der Waals surface area (Å²) in [5.74, 6) is -0.118. The standard InChI is InChI=1S/C18H23N3O2S/c1-4-16(17-9-6-10-24-17)21-18(23)19-12(2)14-7-5-8-15(11-14)20-13(3)22/h5-12,16H,4H2,1-3H3,(H,20,22)(H2,19,21,23)/t12-,16-/m0/s1. The van der Waals surface area contributed by atoms with Crippen molar-refractivity contribution in [3.63, 3.8) is 0 Å². The van der Waals surface area contributed by atoms with Gasteiger partial charge in [0.05, 0.1) is 12.1 Å². The molecular weight excluding hydrogens is 322 g/mol. The van der Waals surface area contributed by atoms with Crippen LogP contribution in [0.25, 0.3) is 0 Å². The average molecular weight is 345 g/mol. The van der Waals surface area contributed by atoms with Crippen molar-refractivity contribution in [1.82, 2.24) is 10.6 Å². The summed E-state index contributed by atoms with van der Waals surface area (Å²) < 4.78 is 0. The predicted octanol–water partition coefficient (Wildman–Crippen LogP) is 4.22. The molecule has 6 heteroatoms. The highest BCUT2D eigenvalue weighted by molar-refractivity contribution is 7.10. The third-order valence-corrected chi connectivity index (χ3v) is 4.64. The van der Waals surface area contributed by atoms with Gasteiger partial charge in [0.2, 0.25) is 5.91 Å². The minimum atomic E-state index is -0.201. The van der Waals surface area contributed by atoms with Crippen molar-refractivity contribution in [2.45, 2.75) is 39.3 Å². The second-order valence-electron chi connectivity index (χ2n) is 5.62. The lowest BCUT2D eigenvalue weighted by Crippen LogP contribution is -2.38. The van der Waals surface area contributed by atoms with Gasteiger partial charge in [0.15, 0.2) is 0 Å². The summed E-state index contributed by atoms with van der Waals surface area (Å²) in [4.78, 5) is 24.6. The summed E-state index contributed by atoms with van der Waals surface area (Å²) in [7, 11) is 0. The molecule has 0 saturated heterocycles. The van der Waals surface area contributed by atoms with Gasteiger partial charge in [-0.1, -0.05) is 25.1 Å². The van der Waals surface area contributed by atoms with Crippen LogP contribution in [0.4, 0.5) is 10.5 Å². The van der Waals surface area contributed by atoms with E-state index in [-0.39, 0.29) is 24.0 Å². The molecule has 1 aromatic heterocycles. The molecule has 24 heavy (non-hydrogen) atoms. The number of anilines is 1. The van der Waals surface area contributed by atoms with Gasteiger partial charge in [-0.25, -0.2) is 4.79 Å². The molecule has 2 rings (SSSR count). The third-order valence-electron chi connectivity index (χ3n) is 3.65. The predicted molar refractivity (Wildman–Crippen MR) is 98.2 cm³/mol. The van der Waals surface area contributed by atoms with E-state index < -0.39 is 0 Å². The van der Waals surface area contributed by atoms with Gasteiger partial charge in [-0.05, 0) is 42.5 Å². The minimum Gasteiger partial charge on any atom is -0.332 e. The van der Waals surface area contributed by atoms with E-state index >= 15 is 0 Å². The SMILES string of the molecule is CC[C@H](NC(=O)N[C@@H](C)c1cccc(NC(C)=O)c1)c1cccs1. The first kappa shape index (κ1) is 18.0. The van der Waals surface area contributed by atoms with Crippen molar-refractivity contribution in [1.29, 1.82) is 0 Å². The van der Waals surface area contributed by atoms with Gasteiger partial charge in [0.25, 0.3) is 0 Å². The molecule has 2 atom stereocenters. The number of nitrogens with one attached hydrogen (secondary N) is 3. The van der Waals surface area contributed by atoms with E-state index in [9.17, 15) is 9.59 Å². The number of urea groups is 1. The Bertz CT molecular complexity index is 685. The first-order chi connectivity index (χ1) is 11.5. The number of benzene rings is 1.